The number of benzene rings is 4. The number of nitrogens with zero attached hydrogens (tertiary/aromatic N) is 1. The van der Waals surface area contributed by atoms with Crippen molar-refractivity contribution >= 4 is 50.1 Å². The summed E-state index contributed by atoms with van der Waals surface area (Å²) in [5.41, 5.74) is 3.53. The number of hydrogen-bond donors (Lipinski definition) is 0. The van der Waals surface area contributed by atoms with Gasteiger partial charge in [0.15, 0.2) is 11.5 Å². The maximum atomic E-state index is 13.2. The molecule has 0 amide bonds. The van der Waals surface area contributed by atoms with Gasteiger partial charge in [0.25, 0.3) is 0 Å². The summed E-state index contributed by atoms with van der Waals surface area (Å²) in [5.74, 6) is 1.12. The molecule has 0 saturated heterocycles. The van der Waals surface area contributed by atoms with E-state index in [9.17, 15) is 4.79 Å². The van der Waals surface area contributed by atoms with Crippen LogP contribution >= 0.6 is 11.3 Å². The van der Waals surface area contributed by atoms with Gasteiger partial charge in [0.05, 0.1) is 6.61 Å². The van der Waals surface area contributed by atoms with Crippen LogP contribution in [-0.4, -0.2) is 25.6 Å². The summed E-state index contributed by atoms with van der Waals surface area (Å²) in [6.45, 7) is 4.38. The van der Waals surface area contributed by atoms with Crippen molar-refractivity contribution < 1.29 is 19.0 Å². The van der Waals surface area contributed by atoms with Crippen LogP contribution in [0.25, 0.3) is 21.5 Å². The van der Waals surface area contributed by atoms with Crippen molar-refractivity contribution in [3.8, 4) is 11.5 Å². The number of ether oxygens (including phenoxy) is 3. The highest BCUT2D eigenvalue weighted by Gasteiger charge is 2.24. The first kappa shape index (κ1) is 23.3. The van der Waals surface area contributed by atoms with Crippen LogP contribution < -0.4 is 9.47 Å². The zero-order valence-corrected chi connectivity index (χ0v) is 21.4. The third-order valence-corrected chi connectivity index (χ3v) is 7.67. The molecule has 5 aromatic rings. The molecule has 37 heavy (non-hydrogen) atoms. The van der Waals surface area contributed by atoms with E-state index >= 15 is 0 Å². The molecular weight excluding hydrogens is 482 g/mol. The molecule has 6 heteroatoms. The Bertz CT molecular complexity index is 1630. The summed E-state index contributed by atoms with van der Waals surface area (Å²) in [5, 5.41) is 5.20. The highest BCUT2D eigenvalue weighted by Crippen LogP contribution is 2.39. The van der Waals surface area contributed by atoms with Gasteiger partial charge in [-0.05, 0) is 71.1 Å². The van der Waals surface area contributed by atoms with Crippen molar-refractivity contribution in [3.05, 3.63) is 99.9 Å². The van der Waals surface area contributed by atoms with Crippen LogP contribution in [0.5, 0.6) is 11.5 Å². The first-order valence-electron chi connectivity index (χ1n) is 12.2. The molecule has 0 aliphatic carbocycles. The van der Waals surface area contributed by atoms with Crippen LogP contribution in [0.2, 0.25) is 0 Å². The zero-order valence-electron chi connectivity index (χ0n) is 20.6. The van der Waals surface area contributed by atoms with Gasteiger partial charge >= 0.3 is 5.97 Å². The van der Waals surface area contributed by atoms with Gasteiger partial charge in [-0.15, -0.1) is 11.3 Å². The van der Waals surface area contributed by atoms with Crippen LogP contribution in [0.15, 0.2) is 77.8 Å². The summed E-state index contributed by atoms with van der Waals surface area (Å²) >= 11 is 1.52. The molecule has 0 N–H and O–H groups in total. The van der Waals surface area contributed by atoms with Crippen LogP contribution in [0, 0.1) is 6.92 Å². The topological polar surface area (TPSA) is 57.1 Å². The van der Waals surface area contributed by atoms with E-state index in [1.165, 1.54) is 11.3 Å². The van der Waals surface area contributed by atoms with Gasteiger partial charge in [-0.3, -0.25) is 0 Å². The molecule has 0 unspecified atom stereocenters. The van der Waals surface area contributed by atoms with Gasteiger partial charge < -0.3 is 14.2 Å². The first-order chi connectivity index (χ1) is 18.1. The number of thiophene rings is 1. The molecule has 0 bridgehead atoms. The molecule has 0 atom stereocenters. The van der Waals surface area contributed by atoms with Crippen LogP contribution in [-0.2, 0) is 11.2 Å². The Morgan fingerprint density at radius 1 is 0.973 bits per heavy atom. The third kappa shape index (κ3) is 4.34. The molecule has 0 radical (unpaired) electrons. The quantitative estimate of drug-likeness (QED) is 0.135. The molecule has 1 aliphatic heterocycles. The van der Waals surface area contributed by atoms with E-state index in [0.717, 1.165) is 54.6 Å². The molecule has 1 aliphatic rings. The molecule has 6 rings (SSSR count). The van der Waals surface area contributed by atoms with Gasteiger partial charge in [0, 0.05) is 16.7 Å². The van der Waals surface area contributed by atoms with E-state index in [-0.39, 0.29) is 12.8 Å². The van der Waals surface area contributed by atoms with E-state index in [2.05, 4.69) is 30.3 Å². The molecule has 0 spiro atoms. The van der Waals surface area contributed by atoms with Gasteiger partial charge in [0.1, 0.15) is 10.6 Å². The molecule has 0 saturated carbocycles. The maximum Gasteiger partial charge on any atom is 0.341 e. The first-order valence-corrected chi connectivity index (χ1v) is 13.1. The second-order valence-corrected chi connectivity index (χ2v) is 10.1. The average molecular weight is 508 g/mol. The van der Waals surface area contributed by atoms with Crippen molar-refractivity contribution in [1.82, 2.24) is 0 Å². The molecule has 0 fully saturated rings. The lowest BCUT2D eigenvalue weighted by Crippen LogP contribution is -2.07. The predicted molar refractivity (Wildman–Crippen MR) is 149 cm³/mol. The lowest BCUT2D eigenvalue weighted by atomic mass is 9.97. The second-order valence-electron chi connectivity index (χ2n) is 8.89. The highest BCUT2D eigenvalue weighted by molar-refractivity contribution is 7.16. The standard InChI is InChI=1S/C31H25NO4S/c1-3-34-31(33)29-25(14-20-12-13-27-28(15-20)36-18-35-27)19(2)37-30(29)32-17-26-23-10-6-4-8-21(23)16-22-9-5-7-11-24(22)26/h4-13,15-17H,3,14,18H2,1-2H3. The zero-order chi connectivity index (χ0) is 25.4. The number of hydrogen-bond acceptors (Lipinski definition) is 6. The van der Waals surface area contributed by atoms with Gasteiger partial charge in [-0.2, -0.15) is 0 Å². The summed E-state index contributed by atoms with van der Waals surface area (Å²) in [7, 11) is 0. The molecule has 5 nitrogen and oxygen atoms in total. The Morgan fingerprint density at radius 3 is 2.41 bits per heavy atom. The Labute approximate surface area is 218 Å². The van der Waals surface area contributed by atoms with Crippen molar-refractivity contribution in [2.45, 2.75) is 20.3 Å². The number of rotatable bonds is 6. The molecule has 2 heterocycles. The summed E-state index contributed by atoms with van der Waals surface area (Å²) in [4.78, 5) is 19.1. The van der Waals surface area contributed by atoms with E-state index in [1.807, 2.05) is 62.5 Å². The van der Waals surface area contributed by atoms with E-state index < -0.39 is 0 Å². The largest absolute Gasteiger partial charge is 0.462 e. The normalized spacial score (nSPS) is 12.6. The molecule has 1 aromatic heterocycles. The average Bonchev–Trinajstić information content (AvgIpc) is 3.50. The second kappa shape index (κ2) is 9.71. The SMILES string of the molecule is CCOC(=O)c1c(N=Cc2c3ccccc3cc3ccccc23)sc(C)c1Cc1ccc2c(c1)OCO2. The molecule has 4 aromatic carbocycles. The van der Waals surface area contributed by atoms with Crippen LogP contribution in [0.3, 0.4) is 0 Å². The van der Waals surface area contributed by atoms with Crippen LogP contribution in [0.1, 0.15) is 38.8 Å². The van der Waals surface area contributed by atoms with Crippen molar-refractivity contribution in [3.63, 3.8) is 0 Å². The number of carbonyl (C=O) groups is 1. The minimum absolute atomic E-state index is 0.228. The number of carbonyl (C=O) groups excluding carboxylic acids is 1. The fourth-order valence-corrected chi connectivity index (χ4v) is 5.85. The van der Waals surface area contributed by atoms with Gasteiger partial charge in [-0.25, -0.2) is 9.79 Å². The fraction of sp³-hybridized carbons (Fsp3) is 0.161. The Kier molecular flexibility index (Phi) is 6.10. The summed E-state index contributed by atoms with van der Waals surface area (Å²) in [6, 6.07) is 24.7. The number of aliphatic imine (C=N–C) groups is 1. The Balaban J connectivity index is 1.45. The summed E-state index contributed by atoms with van der Waals surface area (Å²) < 4.78 is 16.5. The van der Waals surface area contributed by atoms with E-state index in [0.29, 0.717) is 23.6 Å². The highest BCUT2D eigenvalue weighted by atomic mass is 32.1. The van der Waals surface area contributed by atoms with Crippen molar-refractivity contribution in [2.75, 3.05) is 13.4 Å². The monoisotopic (exact) mass is 507 g/mol. The smallest absolute Gasteiger partial charge is 0.341 e. The number of esters is 1. The van der Waals surface area contributed by atoms with Gasteiger partial charge in [0.2, 0.25) is 6.79 Å². The lowest BCUT2D eigenvalue weighted by molar-refractivity contribution is 0.0527. The predicted octanol–water partition coefficient (Wildman–Crippen LogP) is 7.61. The minimum Gasteiger partial charge on any atom is -0.462 e. The maximum absolute atomic E-state index is 13.2. The Hall–Kier alpha value is -4.16. The van der Waals surface area contributed by atoms with E-state index in [1.54, 1.807) is 0 Å². The summed E-state index contributed by atoms with van der Waals surface area (Å²) in [6.07, 6.45) is 2.46. The molecular formula is C31H25NO4S. The third-order valence-electron chi connectivity index (χ3n) is 6.61. The fourth-order valence-electron chi connectivity index (χ4n) is 4.85. The number of aryl methyl sites for hydroxylation is 1. The number of fused-ring (bicyclic) bond motifs is 3. The van der Waals surface area contributed by atoms with Crippen molar-refractivity contribution in [1.29, 1.82) is 0 Å². The van der Waals surface area contributed by atoms with Crippen LogP contribution in [0.4, 0.5) is 5.00 Å². The van der Waals surface area contributed by atoms with E-state index in [4.69, 9.17) is 19.2 Å². The lowest BCUT2D eigenvalue weighted by Gasteiger charge is -2.09. The minimum atomic E-state index is -0.350. The molecule has 184 valence electrons. The van der Waals surface area contributed by atoms with Gasteiger partial charge in [-0.1, -0.05) is 54.6 Å². The Morgan fingerprint density at radius 2 is 1.68 bits per heavy atom. The van der Waals surface area contributed by atoms with Crippen molar-refractivity contribution in [2.24, 2.45) is 4.99 Å².